The Kier molecular flexibility index (Phi) is 9.70. The number of nitrogens with zero attached hydrogens (tertiary/aromatic N) is 1. The van der Waals surface area contributed by atoms with Crippen LogP contribution in [0.2, 0.25) is 0 Å². The third-order valence-corrected chi connectivity index (χ3v) is 7.73. The predicted octanol–water partition coefficient (Wildman–Crippen LogP) is 3.85. The summed E-state index contributed by atoms with van der Waals surface area (Å²) in [6.07, 6.45) is -1.10. The molecule has 0 bridgehead atoms. The lowest BCUT2D eigenvalue weighted by molar-refractivity contribution is -0.139. The van der Waals surface area contributed by atoms with Crippen molar-refractivity contribution in [1.29, 1.82) is 0 Å². The number of halogens is 3. The Hall–Kier alpha value is -1.95. The van der Waals surface area contributed by atoms with E-state index < -0.39 is 33.5 Å². The van der Waals surface area contributed by atoms with Crippen LogP contribution in [0.25, 0.3) is 0 Å². The molecule has 192 valence electrons. The van der Waals surface area contributed by atoms with Crippen molar-refractivity contribution < 1.29 is 35.9 Å². The van der Waals surface area contributed by atoms with Gasteiger partial charge >= 0.3 is 12.2 Å². The molecule has 2 fully saturated rings. The van der Waals surface area contributed by atoms with E-state index in [1.165, 1.54) is 17.0 Å². The van der Waals surface area contributed by atoms with Crippen LogP contribution in [-0.2, 0) is 20.8 Å². The quantitative estimate of drug-likeness (QED) is 0.331. The van der Waals surface area contributed by atoms with E-state index in [1.807, 2.05) is 0 Å². The molecule has 1 atom stereocenters. The van der Waals surface area contributed by atoms with Crippen LogP contribution in [0, 0.1) is 5.92 Å². The van der Waals surface area contributed by atoms with Crippen LogP contribution in [0.5, 0.6) is 5.75 Å². The topological polar surface area (TPSA) is 92.8 Å². The van der Waals surface area contributed by atoms with Crippen molar-refractivity contribution in [3.63, 3.8) is 0 Å². The molecule has 2 aliphatic rings. The molecule has 1 saturated heterocycles. The van der Waals surface area contributed by atoms with Crippen LogP contribution in [0.1, 0.15) is 56.1 Å². The number of sulfone groups is 1. The van der Waals surface area contributed by atoms with E-state index in [9.17, 15) is 31.2 Å². The third kappa shape index (κ3) is 8.37. The van der Waals surface area contributed by atoms with Gasteiger partial charge < -0.3 is 9.64 Å². The van der Waals surface area contributed by atoms with E-state index in [1.54, 1.807) is 6.92 Å². The van der Waals surface area contributed by atoms with Crippen molar-refractivity contribution in [1.82, 2.24) is 10.2 Å². The molecule has 0 radical (unpaired) electrons. The highest BCUT2D eigenvalue weighted by Crippen LogP contribution is 2.39. The SMILES string of the molecule is C[C@H](CS(=O)(=O)CCCCCN1CC(=O)NC1=O)c1ccc(C(F)(F)F)c(OCC2CC2)c1.S. The normalized spacial score (nSPS) is 17.4. The van der Waals surface area contributed by atoms with Crippen LogP contribution in [0.15, 0.2) is 18.2 Å². The minimum absolute atomic E-state index is 0. The molecule has 12 heteroatoms. The molecule has 0 unspecified atom stereocenters. The average Bonchev–Trinajstić information content (AvgIpc) is 3.48. The van der Waals surface area contributed by atoms with Gasteiger partial charge in [0.25, 0.3) is 0 Å². The summed E-state index contributed by atoms with van der Waals surface area (Å²) in [6.45, 7) is 2.30. The summed E-state index contributed by atoms with van der Waals surface area (Å²) in [5.74, 6) is -1.02. The molecule has 0 aromatic heterocycles. The van der Waals surface area contributed by atoms with E-state index in [2.05, 4.69) is 5.32 Å². The van der Waals surface area contributed by atoms with Crippen molar-refractivity contribution in [2.75, 3.05) is 31.2 Å². The second-order valence-corrected chi connectivity index (χ2v) is 11.1. The minimum atomic E-state index is -4.55. The Balaban J connectivity index is 0.00000408. The fraction of sp³-hybridized carbons (Fsp3) is 0.636. The zero-order chi connectivity index (χ0) is 24.2. The molecule has 1 aromatic rings. The number of carbonyl (C=O) groups is 2. The maximum atomic E-state index is 13.3. The molecular weight excluding hydrogens is 493 g/mol. The highest BCUT2D eigenvalue weighted by Gasteiger charge is 2.35. The van der Waals surface area contributed by atoms with Crippen LogP contribution in [0.4, 0.5) is 18.0 Å². The number of hydrogen-bond acceptors (Lipinski definition) is 5. The Bertz CT molecular complexity index is 981. The number of amides is 3. The van der Waals surface area contributed by atoms with E-state index in [-0.39, 0.29) is 55.7 Å². The second-order valence-electron chi connectivity index (χ2n) is 8.86. The van der Waals surface area contributed by atoms with Crippen LogP contribution < -0.4 is 10.1 Å². The number of benzene rings is 1. The van der Waals surface area contributed by atoms with Gasteiger partial charge in [0.05, 0.1) is 23.7 Å². The van der Waals surface area contributed by atoms with E-state index in [0.717, 1.165) is 18.9 Å². The maximum absolute atomic E-state index is 13.3. The minimum Gasteiger partial charge on any atom is -0.493 e. The molecule has 1 heterocycles. The number of carbonyl (C=O) groups excluding carboxylic acids is 2. The molecule has 1 aromatic carbocycles. The van der Waals surface area contributed by atoms with Crippen molar-refractivity contribution in [3.05, 3.63) is 29.3 Å². The molecular formula is C22H31F3N2O5S2. The van der Waals surface area contributed by atoms with Crippen molar-refractivity contribution in [3.8, 4) is 5.75 Å². The van der Waals surface area contributed by atoms with Crippen LogP contribution in [0.3, 0.4) is 0 Å². The van der Waals surface area contributed by atoms with Crippen LogP contribution >= 0.6 is 13.5 Å². The molecule has 1 aliphatic carbocycles. The van der Waals surface area contributed by atoms with E-state index in [4.69, 9.17) is 4.74 Å². The van der Waals surface area contributed by atoms with Gasteiger partial charge in [-0.15, -0.1) is 0 Å². The van der Waals surface area contributed by atoms with Gasteiger partial charge in [0, 0.05) is 6.54 Å². The fourth-order valence-corrected chi connectivity index (χ4v) is 5.48. The van der Waals surface area contributed by atoms with Gasteiger partial charge in [-0.25, -0.2) is 13.2 Å². The van der Waals surface area contributed by atoms with E-state index >= 15 is 0 Å². The first kappa shape index (κ1) is 28.3. The van der Waals surface area contributed by atoms with Gasteiger partial charge in [0.2, 0.25) is 5.91 Å². The summed E-state index contributed by atoms with van der Waals surface area (Å²) in [5.41, 5.74) is -0.363. The smallest absolute Gasteiger partial charge is 0.419 e. The van der Waals surface area contributed by atoms with Gasteiger partial charge in [-0.2, -0.15) is 26.7 Å². The molecule has 0 spiro atoms. The van der Waals surface area contributed by atoms with Gasteiger partial charge in [-0.3, -0.25) is 10.1 Å². The summed E-state index contributed by atoms with van der Waals surface area (Å²) < 4.78 is 70.4. The number of urea groups is 1. The number of nitrogens with one attached hydrogen (secondary N) is 1. The number of hydrogen-bond donors (Lipinski definition) is 1. The number of unbranched alkanes of at least 4 members (excludes halogenated alkanes) is 2. The summed E-state index contributed by atoms with van der Waals surface area (Å²) >= 11 is 0. The predicted molar refractivity (Wildman–Crippen MR) is 126 cm³/mol. The first-order valence-electron chi connectivity index (χ1n) is 11.1. The lowest BCUT2D eigenvalue weighted by Gasteiger charge is -2.18. The largest absolute Gasteiger partial charge is 0.493 e. The van der Waals surface area contributed by atoms with Crippen molar-refractivity contribution in [2.24, 2.45) is 5.92 Å². The average molecular weight is 525 g/mol. The molecule has 3 rings (SSSR count). The Labute approximate surface area is 204 Å². The van der Waals surface area contributed by atoms with Crippen molar-refractivity contribution >= 4 is 35.3 Å². The third-order valence-electron chi connectivity index (χ3n) is 5.81. The van der Waals surface area contributed by atoms with Crippen molar-refractivity contribution in [2.45, 2.75) is 51.1 Å². The fourth-order valence-electron chi connectivity index (χ4n) is 3.72. The Morgan fingerprint density at radius 3 is 2.47 bits per heavy atom. The lowest BCUT2D eigenvalue weighted by atomic mass is 10.0. The van der Waals surface area contributed by atoms with Crippen LogP contribution in [-0.4, -0.2) is 56.5 Å². The second kappa shape index (κ2) is 11.7. The number of rotatable bonds is 12. The van der Waals surface area contributed by atoms with Gasteiger partial charge in [-0.05, 0) is 55.2 Å². The molecule has 7 nitrogen and oxygen atoms in total. The van der Waals surface area contributed by atoms with E-state index in [0.29, 0.717) is 31.4 Å². The lowest BCUT2D eigenvalue weighted by Crippen LogP contribution is -2.29. The first-order valence-corrected chi connectivity index (χ1v) is 12.9. The monoisotopic (exact) mass is 524 g/mol. The maximum Gasteiger partial charge on any atom is 0.419 e. The highest BCUT2D eigenvalue weighted by molar-refractivity contribution is 7.91. The zero-order valence-electron chi connectivity index (χ0n) is 19.0. The van der Waals surface area contributed by atoms with Gasteiger partial charge in [0.15, 0.2) is 9.84 Å². The van der Waals surface area contributed by atoms with Gasteiger partial charge in [0.1, 0.15) is 12.3 Å². The molecule has 34 heavy (non-hydrogen) atoms. The first-order chi connectivity index (χ1) is 15.4. The molecule has 1 N–H and O–H groups in total. The molecule has 3 amide bonds. The summed E-state index contributed by atoms with van der Waals surface area (Å²) in [6, 6.07) is 3.15. The van der Waals surface area contributed by atoms with Gasteiger partial charge in [-0.1, -0.05) is 19.4 Å². The number of imide groups is 1. The molecule has 1 aliphatic heterocycles. The highest BCUT2D eigenvalue weighted by atomic mass is 32.2. The number of alkyl halides is 3. The molecule has 1 saturated carbocycles. The standard InChI is InChI=1S/C22H29F3N2O5S.H2S/c1-15(14-33(30,31)10-4-2-3-9-27-12-20(28)26-21(27)29)17-7-8-18(22(23,24)25)19(11-17)32-13-16-5-6-16;/h7-8,11,15-16H,2-6,9-10,12-14H2,1H3,(H,26,28,29);1H2/t15-;/m1./s1. The summed E-state index contributed by atoms with van der Waals surface area (Å²) in [4.78, 5) is 24.0. The number of ether oxygens (including phenoxy) is 1. The Morgan fingerprint density at radius 1 is 1.18 bits per heavy atom. The Morgan fingerprint density at radius 2 is 1.88 bits per heavy atom. The summed E-state index contributed by atoms with van der Waals surface area (Å²) in [5, 5.41) is 2.18. The summed E-state index contributed by atoms with van der Waals surface area (Å²) in [7, 11) is -3.43. The zero-order valence-corrected chi connectivity index (χ0v) is 20.8.